The molecule has 1 aromatic rings. The second kappa shape index (κ2) is 11.4. The van der Waals surface area contributed by atoms with E-state index in [0.717, 1.165) is 5.56 Å². The van der Waals surface area contributed by atoms with Gasteiger partial charge in [-0.1, -0.05) is 0 Å². The Morgan fingerprint density at radius 2 is 1.81 bits per heavy atom. The van der Waals surface area contributed by atoms with Gasteiger partial charge in [-0.3, -0.25) is 19.2 Å². The van der Waals surface area contributed by atoms with Gasteiger partial charge >= 0.3 is 0 Å². The van der Waals surface area contributed by atoms with Crippen LogP contribution in [0.4, 0.5) is 0 Å². The van der Waals surface area contributed by atoms with Crippen LogP contribution in [0.25, 0.3) is 0 Å². The van der Waals surface area contributed by atoms with Crippen molar-refractivity contribution in [2.24, 2.45) is 7.05 Å². The van der Waals surface area contributed by atoms with E-state index in [-0.39, 0.29) is 48.7 Å². The maximum atomic E-state index is 12.7. The molecule has 0 aromatic carbocycles. The highest BCUT2D eigenvalue weighted by Crippen LogP contribution is 2.16. The summed E-state index contributed by atoms with van der Waals surface area (Å²) in [5, 5.41) is 10.1. The number of rotatable bonds is 6. The predicted molar refractivity (Wildman–Crippen MR) is 106 cm³/mol. The molecule has 150 valence electrons. The first-order chi connectivity index (χ1) is 11.4. The van der Waals surface area contributed by atoms with E-state index in [2.05, 4.69) is 20.6 Å². The van der Waals surface area contributed by atoms with Crippen LogP contribution in [0, 0.1) is 0 Å². The van der Waals surface area contributed by atoms with E-state index in [0.29, 0.717) is 32.7 Å². The topological polar surface area (TPSA) is 82.5 Å². The summed E-state index contributed by atoms with van der Waals surface area (Å²) in [6, 6.07) is -0.231. The lowest BCUT2D eigenvalue weighted by atomic mass is 10.1. The zero-order valence-corrected chi connectivity index (χ0v) is 17.4. The third kappa shape index (κ3) is 6.75. The number of hydrogen-bond acceptors (Lipinski definition) is 5. The molecule has 8 nitrogen and oxygen atoms in total. The highest BCUT2D eigenvalue weighted by molar-refractivity contribution is 5.85. The molecule has 1 aliphatic rings. The minimum absolute atomic E-state index is 0. The Bertz CT molecular complexity index is 573. The van der Waals surface area contributed by atoms with Gasteiger partial charge in [-0.15, -0.1) is 24.8 Å². The summed E-state index contributed by atoms with van der Waals surface area (Å²) in [6.45, 7) is 6.97. The van der Waals surface area contributed by atoms with Crippen molar-refractivity contribution in [3.8, 4) is 0 Å². The van der Waals surface area contributed by atoms with E-state index in [1.54, 1.807) is 17.9 Å². The van der Waals surface area contributed by atoms with Crippen molar-refractivity contribution in [2.75, 3.05) is 39.8 Å². The molecule has 2 heterocycles. The Morgan fingerprint density at radius 3 is 2.27 bits per heavy atom. The smallest absolute Gasteiger partial charge is 0.244 e. The Kier molecular flexibility index (Phi) is 10.8. The van der Waals surface area contributed by atoms with E-state index < -0.39 is 0 Å². The number of hydrogen-bond donors (Lipinski definition) is 2. The fraction of sp³-hybridized carbons (Fsp3) is 0.688. The fourth-order valence-corrected chi connectivity index (χ4v) is 2.90. The molecule has 10 heteroatoms. The summed E-state index contributed by atoms with van der Waals surface area (Å²) >= 11 is 0. The van der Waals surface area contributed by atoms with Crippen molar-refractivity contribution in [3.05, 3.63) is 18.0 Å². The van der Waals surface area contributed by atoms with Gasteiger partial charge in [0.25, 0.3) is 0 Å². The van der Waals surface area contributed by atoms with Gasteiger partial charge in [0.1, 0.15) is 6.04 Å². The minimum Gasteiger partial charge on any atom is -0.353 e. The van der Waals surface area contributed by atoms with E-state index in [1.165, 1.54) is 0 Å². The third-order valence-electron chi connectivity index (χ3n) is 4.09. The highest BCUT2D eigenvalue weighted by atomic mass is 35.5. The molecule has 26 heavy (non-hydrogen) atoms. The molecule has 0 saturated carbocycles. The Hall–Kier alpha value is -1.35. The lowest BCUT2D eigenvalue weighted by molar-refractivity contribution is -0.135. The van der Waals surface area contributed by atoms with Gasteiger partial charge in [-0.05, 0) is 20.9 Å². The molecular formula is C16H30Cl2N6O2. The van der Waals surface area contributed by atoms with E-state index in [1.807, 2.05) is 32.0 Å². The number of aromatic nitrogens is 2. The monoisotopic (exact) mass is 408 g/mol. The molecule has 0 bridgehead atoms. The number of halogens is 2. The molecule has 1 aliphatic heterocycles. The quantitative estimate of drug-likeness (QED) is 0.701. The average Bonchev–Trinajstić information content (AvgIpc) is 2.94. The SMILES string of the molecule is CNC(C(=O)N1CCN(CC(=O)NC(C)C)CC1)c1cnn(C)c1.Cl.Cl. The van der Waals surface area contributed by atoms with Crippen LogP contribution in [0.5, 0.6) is 0 Å². The van der Waals surface area contributed by atoms with Crippen molar-refractivity contribution in [2.45, 2.75) is 25.9 Å². The fourth-order valence-electron chi connectivity index (χ4n) is 2.90. The van der Waals surface area contributed by atoms with Crippen molar-refractivity contribution in [1.29, 1.82) is 0 Å². The van der Waals surface area contributed by atoms with Crippen LogP contribution in [0.2, 0.25) is 0 Å². The van der Waals surface area contributed by atoms with Gasteiger partial charge in [-0.2, -0.15) is 5.10 Å². The van der Waals surface area contributed by atoms with Crippen LogP contribution in [-0.4, -0.2) is 77.2 Å². The van der Waals surface area contributed by atoms with Gasteiger partial charge in [0.2, 0.25) is 11.8 Å². The predicted octanol–water partition coefficient (Wildman–Crippen LogP) is 0.193. The van der Waals surface area contributed by atoms with E-state index >= 15 is 0 Å². The van der Waals surface area contributed by atoms with Gasteiger partial charge in [0, 0.05) is 51.0 Å². The first-order valence-corrected chi connectivity index (χ1v) is 8.37. The Balaban J connectivity index is 0.00000312. The molecular weight excluding hydrogens is 379 g/mol. The molecule has 1 atom stereocenters. The maximum absolute atomic E-state index is 12.7. The zero-order chi connectivity index (χ0) is 17.7. The van der Waals surface area contributed by atoms with Crippen LogP contribution in [0.3, 0.4) is 0 Å². The van der Waals surface area contributed by atoms with Gasteiger partial charge in [0.15, 0.2) is 0 Å². The standard InChI is InChI=1S/C16H28N6O2.2ClH/c1-12(2)19-14(23)11-21-5-7-22(8-6-21)16(24)15(17-3)13-9-18-20(4)10-13;;/h9-10,12,15,17H,5-8,11H2,1-4H3,(H,19,23);2*1H. The Labute approximate surface area is 167 Å². The number of carbonyl (C=O) groups is 2. The molecule has 2 N–H and O–H groups in total. The minimum atomic E-state index is -0.380. The van der Waals surface area contributed by atoms with Gasteiger partial charge in [0.05, 0.1) is 12.7 Å². The lowest BCUT2D eigenvalue weighted by Crippen LogP contribution is -2.53. The summed E-state index contributed by atoms with van der Waals surface area (Å²) in [6.07, 6.45) is 3.57. The molecule has 1 aromatic heterocycles. The number of nitrogens with one attached hydrogen (secondary N) is 2. The number of nitrogens with zero attached hydrogens (tertiary/aromatic N) is 4. The number of aryl methyl sites for hydroxylation is 1. The maximum Gasteiger partial charge on any atom is 0.244 e. The third-order valence-corrected chi connectivity index (χ3v) is 4.09. The van der Waals surface area contributed by atoms with Crippen LogP contribution in [0.1, 0.15) is 25.5 Å². The number of carbonyl (C=O) groups excluding carboxylic acids is 2. The largest absolute Gasteiger partial charge is 0.353 e. The van der Waals surface area contributed by atoms with E-state index in [4.69, 9.17) is 0 Å². The van der Waals surface area contributed by atoms with Crippen LogP contribution < -0.4 is 10.6 Å². The molecule has 2 amide bonds. The molecule has 0 radical (unpaired) electrons. The van der Waals surface area contributed by atoms with Crippen molar-refractivity contribution in [1.82, 2.24) is 30.2 Å². The average molecular weight is 409 g/mol. The molecule has 0 spiro atoms. The second-order valence-corrected chi connectivity index (χ2v) is 6.49. The number of likely N-dealkylation sites (N-methyl/N-ethyl adjacent to an activating group) is 1. The Morgan fingerprint density at radius 1 is 1.19 bits per heavy atom. The van der Waals surface area contributed by atoms with Crippen LogP contribution in [0.15, 0.2) is 12.4 Å². The van der Waals surface area contributed by atoms with E-state index in [9.17, 15) is 9.59 Å². The summed E-state index contributed by atoms with van der Waals surface area (Å²) in [7, 11) is 3.61. The summed E-state index contributed by atoms with van der Waals surface area (Å²) < 4.78 is 1.69. The first-order valence-electron chi connectivity index (χ1n) is 8.37. The normalized spacial score (nSPS) is 15.8. The molecule has 1 saturated heterocycles. The number of amides is 2. The van der Waals surface area contributed by atoms with Crippen LogP contribution in [-0.2, 0) is 16.6 Å². The molecule has 0 aliphatic carbocycles. The molecule has 1 unspecified atom stereocenters. The number of piperazine rings is 1. The van der Waals surface area contributed by atoms with Crippen molar-refractivity contribution in [3.63, 3.8) is 0 Å². The first kappa shape index (κ1) is 24.7. The van der Waals surface area contributed by atoms with Gasteiger partial charge in [-0.25, -0.2) is 0 Å². The van der Waals surface area contributed by atoms with Crippen molar-refractivity contribution >= 4 is 36.6 Å². The molecule has 1 fully saturated rings. The lowest BCUT2D eigenvalue weighted by Gasteiger charge is -2.36. The molecule has 2 rings (SSSR count). The summed E-state index contributed by atoms with van der Waals surface area (Å²) in [5.74, 6) is 0.0880. The zero-order valence-electron chi connectivity index (χ0n) is 15.8. The van der Waals surface area contributed by atoms with Crippen LogP contribution >= 0.6 is 24.8 Å². The van der Waals surface area contributed by atoms with Gasteiger partial charge < -0.3 is 15.5 Å². The highest BCUT2D eigenvalue weighted by Gasteiger charge is 2.28. The summed E-state index contributed by atoms with van der Waals surface area (Å²) in [4.78, 5) is 28.5. The van der Waals surface area contributed by atoms with Crippen molar-refractivity contribution < 1.29 is 9.59 Å². The second-order valence-electron chi connectivity index (χ2n) is 6.49. The summed E-state index contributed by atoms with van der Waals surface area (Å²) in [5.41, 5.74) is 0.865.